The fourth-order valence-electron chi connectivity index (χ4n) is 2.33. The number of amides is 1. The zero-order chi connectivity index (χ0) is 17.4. The van der Waals surface area contributed by atoms with Crippen LogP contribution in [0, 0.1) is 5.92 Å². The minimum absolute atomic E-state index is 0. The lowest BCUT2D eigenvalue weighted by atomic mass is 10.0. The fourth-order valence-corrected chi connectivity index (χ4v) is 2.33. The maximum atomic E-state index is 12.2. The first-order chi connectivity index (χ1) is 11.6. The normalized spacial score (nSPS) is 17.0. The molecule has 1 aliphatic carbocycles. The van der Waals surface area contributed by atoms with Gasteiger partial charge in [0.2, 0.25) is 5.91 Å². The second-order valence-corrected chi connectivity index (χ2v) is 5.71. The van der Waals surface area contributed by atoms with Gasteiger partial charge < -0.3 is 10.1 Å². The van der Waals surface area contributed by atoms with E-state index in [9.17, 15) is 4.79 Å². The quantitative estimate of drug-likeness (QED) is 0.583. The van der Waals surface area contributed by atoms with Crippen molar-refractivity contribution >= 4 is 5.91 Å². The van der Waals surface area contributed by atoms with Gasteiger partial charge in [-0.25, -0.2) is 0 Å². The Labute approximate surface area is 145 Å². The first-order valence-corrected chi connectivity index (χ1v) is 8.01. The van der Waals surface area contributed by atoms with Gasteiger partial charge in [0, 0.05) is 7.12 Å². The summed E-state index contributed by atoms with van der Waals surface area (Å²) in [5.41, 5.74) is 1.76. The van der Waals surface area contributed by atoms with Crippen LogP contribution in [-0.2, 0) is 11.2 Å². The minimum atomic E-state index is -0.0387. The van der Waals surface area contributed by atoms with E-state index in [1.54, 1.807) is 18.2 Å². The summed E-state index contributed by atoms with van der Waals surface area (Å²) in [6.45, 7) is 9.49. The molecule has 1 aromatic carbocycles. The molecule has 3 heteroatoms. The van der Waals surface area contributed by atoms with E-state index in [0.717, 1.165) is 17.7 Å². The van der Waals surface area contributed by atoms with Crippen molar-refractivity contribution < 1.29 is 11.0 Å². The third kappa shape index (κ3) is 5.43. The maximum absolute atomic E-state index is 12.2. The number of ether oxygens (including phenoxy) is 1. The lowest BCUT2D eigenvalue weighted by molar-refractivity contribution is -0.119. The van der Waals surface area contributed by atoms with Crippen LogP contribution in [0.2, 0.25) is 0 Å². The van der Waals surface area contributed by atoms with Crippen LogP contribution >= 0.6 is 0 Å². The van der Waals surface area contributed by atoms with E-state index in [2.05, 4.69) is 37.6 Å². The first kappa shape index (κ1) is 17.5. The number of carbonyl (C=O) groups excluding carboxylic acids is 1. The van der Waals surface area contributed by atoms with Crippen LogP contribution in [0.15, 0.2) is 85.3 Å². The van der Waals surface area contributed by atoms with Gasteiger partial charge in [0.05, 0.1) is 6.42 Å². The van der Waals surface area contributed by atoms with E-state index in [4.69, 9.17) is 4.74 Å². The van der Waals surface area contributed by atoms with Gasteiger partial charge in [-0.3, -0.25) is 4.79 Å². The molecule has 3 nitrogen and oxygen atoms in total. The first-order valence-electron chi connectivity index (χ1n) is 8.01. The van der Waals surface area contributed by atoms with Crippen molar-refractivity contribution in [2.75, 3.05) is 0 Å². The largest absolute Gasteiger partial charge is 0.457 e. The van der Waals surface area contributed by atoms with E-state index >= 15 is 0 Å². The number of hydrogen-bond acceptors (Lipinski definition) is 2. The van der Waals surface area contributed by atoms with Crippen LogP contribution in [-0.4, -0.2) is 5.91 Å². The molecule has 24 heavy (non-hydrogen) atoms. The number of hydrogen-bond donors (Lipinski definition) is 1. The average molecular weight is 323 g/mol. The summed E-state index contributed by atoms with van der Waals surface area (Å²) < 4.78 is 5.71. The number of benzene rings is 1. The van der Waals surface area contributed by atoms with Crippen LogP contribution in [0.4, 0.5) is 0 Å². The average Bonchev–Trinajstić information content (AvgIpc) is 2.57. The molecule has 0 bridgehead atoms. The summed E-state index contributed by atoms with van der Waals surface area (Å²) in [5, 5.41) is 2.93. The van der Waals surface area contributed by atoms with Gasteiger partial charge in [0.1, 0.15) is 11.5 Å². The standard InChI is InChI=1S/C21H23NO2.H2/c1-4-7-19(5-2)24-20-9-6-8-17(14-20)15-21(23)22-18-12-10-16(3)11-13-18;/h4-10,12-14,16H,1-2,11,15H2,3H3,(H,22,23);1H/b19-7+;. The second-order valence-electron chi connectivity index (χ2n) is 5.71. The minimum Gasteiger partial charge on any atom is -0.457 e. The number of allylic oxidation sites excluding steroid dienone is 6. The van der Waals surface area contributed by atoms with Crippen molar-refractivity contribution in [1.29, 1.82) is 0 Å². The Bertz CT molecular complexity index is 716. The number of carbonyl (C=O) groups is 1. The maximum Gasteiger partial charge on any atom is 0.228 e. The zero-order valence-corrected chi connectivity index (χ0v) is 14.0. The van der Waals surface area contributed by atoms with Crippen LogP contribution < -0.4 is 10.1 Å². The lowest BCUT2D eigenvalue weighted by Gasteiger charge is -2.13. The molecule has 0 spiro atoms. The van der Waals surface area contributed by atoms with Crippen LogP contribution in [0.5, 0.6) is 5.75 Å². The molecule has 2 rings (SSSR count). The highest BCUT2D eigenvalue weighted by molar-refractivity contribution is 5.80. The van der Waals surface area contributed by atoms with Gasteiger partial charge in [0.15, 0.2) is 0 Å². The molecule has 0 aliphatic heterocycles. The highest BCUT2D eigenvalue weighted by Crippen LogP contribution is 2.18. The Hall–Kier alpha value is -2.81. The third-order valence-corrected chi connectivity index (χ3v) is 3.58. The van der Waals surface area contributed by atoms with E-state index < -0.39 is 0 Å². The Morgan fingerprint density at radius 1 is 1.46 bits per heavy atom. The van der Waals surface area contributed by atoms with E-state index in [0.29, 0.717) is 23.8 Å². The Morgan fingerprint density at radius 2 is 2.29 bits per heavy atom. The summed E-state index contributed by atoms with van der Waals surface area (Å²) in [4.78, 5) is 12.2. The summed E-state index contributed by atoms with van der Waals surface area (Å²) in [5.74, 6) is 1.77. The molecular formula is C21H25NO2. The van der Waals surface area contributed by atoms with Gasteiger partial charge in [-0.15, -0.1) is 0 Å². The van der Waals surface area contributed by atoms with Crippen molar-refractivity contribution in [3.63, 3.8) is 0 Å². The predicted molar refractivity (Wildman–Crippen MR) is 101 cm³/mol. The van der Waals surface area contributed by atoms with Crippen LogP contribution in [0.1, 0.15) is 20.3 Å². The molecule has 0 saturated heterocycles. The molecule has 0 heterocycles. The van der Waals surface area contributed by atoms with Gasteiger partial charge in [-0.1, -0.05) is 50.4 Å². The molecule has 0 fully saturated rings. The Kier molecular flexibility index (Phi) is 6.38. The lowest BCUT2D eigenvalue weighted by Crippen LogP contribution is -2.24. The molecule has 126 valence electrons. The van der Waals surface area contributed by atoms with Crippen LogP contribution in [0.25, 0.3) is 0 Å². The Balaban J connectivity index is 0.00000312. The van der Waals surface area contributed by atoms with Crippen molar-refractivity contribution in [2.24, 2.45) is 5.92 Å². The van der Waals surface area contributed by atoms with E-state index in [1.165, 1.54) is 0 Å². The number of nitrogens with one attached hydrogen (secondary N) is 1. The molecular weight excluding hydrogens is 298 g/mol. The van der Waals surface area contributed by atoms with Crippen LogP contribution in [0.3, 0.4) is 0 Å². The number of rotatable bonds is 7. The van der Waals surface area contributed by atoms with Crippen molar-refractivity contribution in [2.45, 2.75) is 19.8 Å². The molecule has 0 radical (unpaired) electrons. The highest BCUT2D eigenvalue weighted by Gasteiger charge is 2.09. The smallest absolute Gasteiger partial charge is 0.228 e. The molecule has 1 aromatic rings. The third-order valence-electron chi connectivity index (χ3n) is 3.58. The van der Waals surface area contributed by atoms with Crippen molar-refractivity contribution in [3.05, 3.63) is 90.9 Å². The predicted octanol–water partition coefficient (Wildman–Crippen LogP) is 4.71. The molecule has 1 N–H and O–H groups in total. The molecule has 1 unspecified atom stereocenters. The fraction of sp³-hybridized carbons (Fsp3) is 0.190. The molecule has 0 aromatic heterocycles. The highest BCUT2D eigenvalue weighted by atomic mass is 16.5. The van der Waals surface area contributed by atoms with E-state index in [-0.39, 0.29) is 7.33 Å². The zero-order valence-electron chi connectivity index (χ0n) is 14.0. The van der Waals surface area contributed by atoms with E-state index in [1.807, 2.05) is 30.3 Å². The molecule has 1 amide bonds. The van der Waals surface area contributed by atoms with Crippen molar-refractivity contribution in [3.8, 4) is 5.75 Å². The molecule has 0 saturated carbocycles. The SMILES string of the molecule is C=C/C=C(\C=C)Oc1cccc(CC(=O)NC2=CCC(C)C=C2)c1.[HH]. The summed E-state index contributed by atoms with van der Waals surface area (Å²) in [6, 6.07) is 7.47. The van der Waals surface area contributed by atoms with Gasteiger partial charge in [0.25, 0.3) is 0 Å². The molecule has 1 aliphatic rings. The summed E-state index contributed by atoms with van der Waals surface area (Å²) in [7, 11) is 0. The van der Waals surface area contributed by atoms with Gasteiger partial charge in [-0.05, 0) is 48.3 Å². The van der Waals surface area contributed by atoms with Gasteiger partial charge >= 0.3 is 0 Å². The van der Waals surface area contributed by atoms with Gasteiger partial charge in [-0.2, -0.15) is 0 Å². The molecule has 1 atom stereocenters. The second kappa shape index (κ2) is 8.73. The monoisotopic (exact) mass is 323 g/mol. The van der Waals surface area contributed by atoms with Crippen molar-refractivity contribution in [1.82, 2.24) is 5.32 Å². The summed E-state index contributed by atoms with van der Waals surface area (Å²) in [6.07, 6.45) is 12.4. The summed E-state index contributed by atoms with van der Waals surface area (Å²) >= 11 is 0. The Morgan fingerprint density at radius 3 is 2.96 bits per heavy atom. The topological polar surface area (TPSA) is 38.3 Å².